The second-order valence-electron chi connectivity index (χ2n) is 10.6. The number of aromatic nitrogens is 1. The van der Waals surface area contributed by atoms with Crippen LogP contribution in [0.15, 0.2) is 54.6 Å². The Hall–Kier alpha value is -2.15. The summed E-state index contributed by atoms with van der Waals surface area (Å²) in [4.78, 5) is 5.04. The van der Waals surface area contributed by atoms with Gasteiger partial charge in [-0.1, -0.05) is 97.9 Å². The van der Waals surface area contributed by atoms with Gasteiger partial charge in [0.25, 0.3) is 0 Å². The molecule has 154 valence electrons. The molecule has 0 aliphatic carbocycles. The topological polar surface area (TPSA) is 12.9 Å². The fourth-order valence-electron chi connectivity index (χ4n) is 4.12. The van der Waals surface area contributed by atoms with Gasteiger partial charge in [-0.05, 0) is 52.0 Å². The minimum atomic E-state index is 0.138. The molecule has 0 saturated carbocycles. The van der Waals surface area contributed by atoms with E-state index >= 15 is 0 Å². The molecule has 3 rings (SSSR count). The second kappa shape index (κ2) is 7.94. The summed E-state index contributed by atoms with van der Waals surface area (Å²) in [5.74, 6) is 0.819. The molecule has 1 heterocycles. The second-order valence-corrected chi connectivity index (χ2v) is 10.6. The first kappa shape index (κ1) is 21.6. The normalized spacial score (nSPS) is 14.8. The SMILES string of the molecule is CC[C@H](c1ccc2ccccc2n1)[C@@H](C)c1cc(C(C)(C)C)cc(C(C)(C)C)c1. The predicted octanol–water partition coefficient (Wildman–Crippen LogP) is 8.13. The average Bonchev–Trinajstić information content (AvgIpc) is 2.66. The van der Waals surface area contributed by atoms with Gasteiger partial charge in [0.05, 0.1) is 5.52 Å². The van der Waals surface area contributed by atoms with Crippen LogP contribution in [0.5, 0.6) is 0 Å². The van der Waals surface area contributed by atoms with Crippen LogP contribution < -0.4 is 0 Å². The van der Waals surface area contributed by atoms with Crippen molar-refractivity contribution in [1.29, 1.82) is 0 Å². The Kier molecular flexibility index (Phi) is 5.90. The minimum Gasteiger partial charge on any atom is -0.253 e. The number of hydrogen-bond acceptors (Lipinski definition) is 1. The Labute approximate surface area is 177 Å². The van der Waals surface area contributed by atoms with Crippen LogP contribution in [0, 0.1) is 0 Å². The first-order valence-electron chi connectivity index (χ1n) is 11.0. The van der Waals surface area contributed by atoms with Gasteiger partial charge in [-0.2, -0.15) is 0 Å². The van der Waals surface area contributed by atoms with Crippen molar-refractivity contribution in [1.82, 2.24) is 4.98 Å². The van der Waals surface area contributed by atoms with Gasteiger partial charge in [-0.25, -0.2) is 0 Å². The lowest BCUT2D eigenvalue weighted by molar-refractivity contribution is 0.534. The molecule has 0 unspecified atom stereocenters. The van der Waals surface area contributed by atoms with Crippen molar-refractivity contribution in [3.05, 3.63) is 77.0 Å². The van der Waals surface area contributed by atoms with Gasteiger partial charge in [-0.3, -0.25) is 4.98 Å². The summed E-state index contributed by atoms with van der Waals surface area (Å²) < 4.78 is 0. The molecule has 0 radical (unpaired) electrons. The fourth-order valence-corrected chi connectivity index (χ4v) is 4.12. The largest absolute Gasteiger partial charge is 0.253 e. The summed E-state index contributed by atoms with van der Waals surface area (Å²) >= 11 is 0. The number of rotatable bonds is 4. The Bertz CT molecular complexity index is 953. The Morgan fingerprint density at radius 3 is 1.93 bits per heavy atom. The highest BCUT2D eigenvalue weighted by molar-refractivity contribution is 5.78. The molecule has 0 saturated heterocycles. The molecule has 1 aromatic heterocycles. The highest BCUT2D eigenvalue weighted by atomic mass is 14.7. The molecule has 0 spiro atoms. The minimum absolute atomic E-state index is 0.138. The number of benzene rings is 2. The first-order chi connectivity index (χ1) is 13.5. The lowest BCUT2D eigenvalue weighted by Crippen LogP contribution is -2.18. The summed E-state index contributed by atoms with van der Waals surface area (Å²) in [6.45, 7) is 18.5. The van der Waals surface area contributed by atoms with Crippen LogP contribution in [0.4, 0.5) is 0 Å². The maximum Gasteiger partial charge on any atom is 0.0705 e. The van der Waals surface area contributed by atoms with Crippen molar-refractivity contribution in [3.8, 4) is 0 Å². The molecule has 2 atom stereocenters. The molecule has 1 nitrogen and oxygen atoms in total. The molecule has 0 aliphatic heterocycles. The van der Waals surface area contributed by atoms with Gasteiger partial charge in [0.2, 0.25) is 0 Å². The Morgan fingerprint density at radius 1 is 0.793 bits per heavy atom. The van der Waals surface area contributed by atoms with Gasteiger partial charge in [0.1, 0.15) is 0 Å². The van der Waals surface area contributed by atoms with E-state index in [2.05, 4.69) is 110 Å². The molecule has 0 bridgehead atoms. The summed E-state index contributed by atoms with van der Waals surface area (Å²) in [5.41, 5.74) is 6.86. The van der Waals surface area contributed by atoms with E-state index < -0.39 is 0 Å². The summed E-state index contributed by atoms with van der Waals surface area (Å²) in [5, 5.41) is 1.21. The first-order valence-corrected chi connectivity index (χ1v) is 11.0. The molecule has 29 heavy (non-hydrogen) atoms. The van der Waals surface area contributed by atoms with Crippen molar-refractivity contribution in [2.45, 2.75) is 84.5 Å². The van der Waals surface area contributed by atoms with Crippen LogP contribution in [0.25, 0.3) is 10.9 Å². The Morgan fingerprint density at radius 2 is 1.38 bits per heavy atom. The lowest BCUT2D eigenvalue weighted by Gasteiger charge is -2.29. The molecular formula is C28H37N. The van der Waals surface area contributed by atoms with Crippen molar-refractivity contribution in [3.63, 3.8) is 0 Å². The van der Waals surface area contributed by atoms with E-state index in [9.17, 15) is 0 Å². The molecule has 2 aromatic carbocycles. The van der Waals surface area contributed by atoms with Gasteiger partial charge in [0, 0.05) is 17.0 Å². The zero-order chi connectivity index (χ0) is 21.4. The number of pyridine rings is 1. The van der Waals surface area contributed by atoms with Gasteiger partial charge < -0.3 is 0 Å². The average molecular weight is 388 g/mol. The van der Waals surface area contributed by atoms with Crippen molar-refractivity contribution >= 4 is 10.9 Å². The maximum atomic E-state index is 5.04. The van der Waals surface area contributed by atoms with Gasteiger partial charge >= 0.3 is 0 Å². The number of fused-ring (bicyclic) bond motifs is 1. The standard InChI is InChI=1S/C28H37N/c1-9-24(26-15-14-20-12-10-11-13-25(20)29-26)19(2)21-16-22(27(3,4)5)18-23(17-21)28(6,7)8/h10-19,24H,9H2,1-8H3/t19-,24-/m0/s1. The zero-order valence-corrected chi connectivity index (χ0v) is 19.5. The van der Waals surface area contributed by atoms with E-state index in [-0.39, 0.29) is 10.8 Å². The van der Waals surface area contributed by atoms with Crippen LogP contribution in [0.2, 0.25) is 0 Å². The van der Waals surface area contributed by atoms with Crippen molar-refractivity contribution in [2.75, 3.05) is 0 Å². The van der Waals surface area contributed by atoms with E-state index in [1.165, 1.54) is 27.8 Å². The van der Waals surface area contributed by atoms with Crippen LogP contribution in [-0.2, 0) is 10.8 Å². The monoisotopic (exact) mass is 387 g/mol. The van der Waals surface area contributed by atoms with E-state index in [4.69, 9.17) is 4.98 Å². The molecule has 3 aromatic rings. The number of para-hydroxylation sites is 1. The van der Waals surface area contributed by atoms with Crippen LogP contribution in [-0.4, -0.2) is 4.98 Å². The quantitative estimate of drug-likeness (QED) is 0.440. The lowest BCUT2D eigenvalue weighted by atomic mass is 9.75. The Balaban J connectivity index is 2.07. The number of hydrogen-bond donors (Lipinski definition) is 0. The zero-order valence-electron chi connectivity index (χ0n) is 19.5. The van der Waals surface area contributed by atoms with Crippen LogP contribution in [0.1, 0.15) is 96.0 Å². The summed E-state index contributed by atoms with van der Waals surface area (Å²) in [6, 6.07) is 20.1. The van der Waals surface area contributed by atoms with Crippen molar-refractivity contribution in [2.24, 2.45) is 0 Å². The van der Waals surface area contributed by atoms with E-state index in [0.717, 1.165) is 11.9 Å². The van der Waals surface area contributed by atoms with Crippen LogP contribution >= 0.6 is 0 Å². The van der Waals surface area contributed by atoms with Crippen LogP contribution in [0.3, 0.4) is 0 Å². The molecule has 0 amide bonds. The van der Waals surface area contributed by atoms with E-state index in [1.54, 1.807) is 0 Å². The molecule has 0 fully saturated rings. The smallest absolute Gasteiger partial charge is 0.0705 e. The third-order valence-electron chi connectivity index (χ3n) is 6.26. The summed E-state index contributed by atoms with van der Waals surface area (Å²) in [7, 11) is 0. The number of nitrogens with zero attached hydrogens (tertiary/aromatic N) is 1. The third kappa shape index (κ3) is 4.71. The predicted molar refractivity (Wildman–Crippen MR) is 127 cm³/mol. The van der Waals surface area contributed by atoms with Crippen molar-refractivity contribution < 1.29 is 0 Å². The van der Waals surface area contributed by atoms with E-state index in [0.29, 0.717) is 11.8 Å². The maximum absolute atomic E-state index is 5.04. The fraction of sp³-hybridized carbons (Fsp3) is 0.464. The van der Waals surface area contributed by atoms with E-state index in [1.807, 2.05) is 0 Å². The van der Waals surface area contributed by atoms with Gasteiger partial charge in [0.15, 0.2) is 0 Å². The molecule has 0 N–H and O–H groups in total. The molecule has 1 heteroatoms. The summed E-state index contributed by atoms with van der Waals surface area (Å²) in [6.07, 6.45) is 1.08. The third-order valence-corrected chi connectivity index (χ3v) is 6.26. The molecular weight excluding hydrogens is 350 g/mol. The highest BCUT2D eigenvalue weighted by Crippen LogP contribution is 2.39. The highest BCUT2D eigenvalue weighted by Gasteiger charge is 2.26. The molecule has 0 aliphatic rings. The van der Waals surface area contributed by atoms with Gasteiger partial charge in [-0.15, -0.1) is 0 Å².